The molecule has 1 N–H and O–H groups in total. The number of benzene rings is 2. The first-order valence-corrected chi connectivity index (χ1v) is 12.9. The molecule has 1 fully saturated rings. The van der Waals surface area contributed by atoms with E-state index in [1.807, 2.05) is 41.8 Å². The monoisotopic (exact) mass is 507 g/mol. The molecule has 0 saturated carbocycles. The molecule has 9 heteroatoms. The fraction of sp³-hybridized carbons (Fsp3) is 0.333. The largest absolute Gasteiger partial charge is 0.496 e. The van der Waals surface area contributed by atoms with Gasteiger partial charge in [-0.25, -0.2) is 4.79 Å². The third kappa shape index (κ3) is 5.79. The van der Waals surface area contributed by atoms with Crippen LogP contribution in [-0.2, 0) is 16.1 Å². The molecule has 4 amide bonds. The highest BCUT2D eigenvalue weighted by Crippen LogP contribution is 2.36. The van der Waals surface area contributed by atoms with E-state index < -0.39 is 0 Å². The number of carbonyl (C=O) groups excluding carboxylic acids is 4. The summed E-state index contributed by atoms with van der Waals surface area (Å²) in [5, 5.41) is 4.34. The molecule has 4 rings (SSSR count). The molecule has 0 radical (unpaired) electrons. The van der Waals surface area contributed by atoms with E-state index in [9.17, 15) is 19.2 Å². The van der Waals surface area contributed by atoms with Crippen LogP contribution in [0.15, 0.2) is 60.0 Å². The second kappa shape index (κ2) is 11.9. The molecule has 2 aliphatic heterocycles. The van der Waals surface area contributed by atoms with E-state index in [2.05, 4.69) is 5.32 Å². The fourth-order valence-electron chi connectivity index (χ4n) is 4.43. The van der Waals surface area contributed by atoms with Crippen LogP contribution in [0.5, 0.6) is 5.75 Å². The van der Waals surface area contributed by atoms with E-state index >= 15 is 0 Å². The molecule has 36 heavy (non-hydrogen) atoms. The maximum Gasteiger partial charge on any atom is 0.327 e. The topological polar surface area (TPSA) is 96.0 Å². The van der Waals surface area contributed by atoms with Crippen molar-refractivity contribution in [2.45, 2.75) is 43.5 Å². The standard InChI is InChI=1S/C27H29N3O5S/c1-35-23-12-11-19(18-31)16-20(23)17-30-22-13-15-36-25(22)26(33)29(27(30)34)14-7-3-6-10-24(32)28-21-8-4-2-5-9-21/h2,4-5,8-9,11-13,15-16,18,22,25H,3,6-7,10,14,17H2,1H3,(H,28,32). The van der Waals surface area contributed by atoms with Crippen LogP contribution in [0, 0.1) is 0 Å². The van der Waals surface area contributed by atoms with Crippen LogP contribution >= 0.6 is 11.8 Å². The molecule has 1 saturated heterocycles. The molecule has 2 aromatic carbocycles. The summed E-state index contributed by atoms with van der Waals surface area (Å²) < 4.78 is 5.44. The Kier molecular flexibility index (Phi) is 8.43. The van der Waals surface area contributed by atoms with Crippen LogP contribution < -0.4 is 10.1 Å². The van der Waals surface area contributed by atoms with Crippen molar-refractivity contribution in [2.75, 3.05) is 19.0 Å². The second-order valence-corrected chi connectivity index (χ2v) is 9.74. The quantitative estimate of drug-likeness (QED) is 0.356. The van der Waals surface area contributed by atoms with Gasteiger partial charge in [0.15, 0.2) is 0 Å². The minimum Gasteiger partial charge on any atom is -0.496 e. The van der Waals surface area contributed by atoms with Crippen LogP contribution in [0.4, 0.5) is 10.5 Å². The van der Waals surface area contributed by atoms with Crippen molar-refractivity contribution in [3.63, 3.8) is 0 Å². The number of hydrogen-bond donors (Lipinski definition) is 1. The van der Waals surface area contributed by atoms with E-state index in [0.29, 0.717) is 49.1 Å². The molecule has 0 aliphatic carbocycles. The molecular weight excluding hydrogens is 478 g/mol. The van der Waals surface area contributed by atoms with Crippen molar-refractivity contribution in [3.05, 3.63) is 71.1 Å². The molecule has 2 heterocycles. The number of carbonyl (C=O) groups is 4. The Morgan fingerprint density at radius 1 is 1.11 bits per heavy atom. The Morgan fingerprint density at radius 3 is 2.67 bits per heavy atom. The molecular formula is C27H29N3O5S. The van der Waals surface area contributed by atoms with Crippen molar-refractivity contribution in [1.82, 2.24) is 9.80 Å². The number of unbranched alkanes of at least 4 members (excludes halogenated alkanes) is 2. The second-order valence-electron chi connectivity index (χ2n) is 8.69. The lowest BCUT2D eigenvalue weighted by molar-refractivity contribution is -0.131. The zero-order chi connectivity index (χ0) is 25.5. The van der Waals surface area contributed by atoms with E-state index in [1.54, 1.807) is 30.2 Å². The Morgan fingerprint density at radius 2 is 1.92 bits per heavy atom. The molecule has 0 spiro atoms. The van der Waals surface area contributed by atoms with Gasteiger partial charge in [-0.2, -0.15) is 0 Å². The van der Waals surface area contributed by atoms with E-state index in [1.165, 1.54) is 16.7 Å². The van der Waals surface area contributed by atoms with Gasteiger partial charge in [-0.15, -0.1) is 11.8 Å². The summed E-state index contributed by atoms with van der Waals surface area (Å²) in [6.07, 6.45) is 5.00. The fourth-order valence-corrected chi connectivity index (χ4v) is 5.49. The normalized spacial score (nSPS) is 18.8. The number of hydrogen-bond acceptors (Lipinski definition) is 6. The summed E-state index contributed by atoms with van der Waals surface area (Å²) in [6, 6.07) is 13.7. The van der Waals surface area contributed by atoms with E-state index in [0.717, 1.165) is 12.0 Å². The van der Waals surface area contributed by atoms with Crippen LogP contribution in [0.25, 0.3) is 0 Å². The predicted molar refractivity (Wildman–Crippen MR) is 139 cm³/mol. The maximum absolute atomic E-state index is 13.4. The number of rotatable bonds is 11. The minimum atomic E-state index is -0.389. The van der Waals surface area contributed by atoms with E-state index in [-0.39, 0.29) is 35.7 Å². The van der Waals surface area contributed by atoms with Gasteiger partial charge in [0, 0.05) is 29.8 Å². The van der Waals surface area contributed by atoms with Gasteiger partial charge in [-0.1, -0.05) is 30.7 Å². The molecule has 188 valence electrons. The minimum absolute atomic E-state index is 0.0553. The number of urea groups is 1. The zero-order valence-electron chi connectivity index (χ0n) is 20.1. The highest BCUT2D eigenvalue weighted by atomic mass is 32.2. The van der Waals surface area contributed by atoms with Gasteiger partial charge >= 0.3 is 6.03 Å². The van der Waals surface area contributed by atoms with Crippen LogP contribution in [0.2, 0.25) is 0 Å². The van der Waals surface area contributed by atoms with Crippen molar-refractivity contribution in [3.8, 4) is 5.75 Å². The van der Waals surface area contributed by atoms with Gasteiger partial charge in [0.25, 0.3) is 0 Å². The first kappa shape index (κ1) is 25.5. The van der Waals surface area contributed by atoms with Crippen molar-refractivity contribution >= 4 is 41.6 Å². The molecule has 2 unspecified atom stereocenters. The van der Waals surface area contributed by atoms with Crippen molar-refractivity contribution in [1.29, 1.82) is 0 Å². The van der Waals surface area contributed by atoms with Crippen LogP contribution in [-0.4, -0.2) is 58.9 Å². The predicted octanol–water partition coefficient (Wildman–Crippen LogP) is 4.47. The molecule has 2 atom stereocenters. The number of imide groups is 1. The number of fused-ring (bicyclic) bond motifs is 1. The first-order chi connectivity index (χ1) is 17.5. The summed E-state index contributed by atoms with van der Waals surface area (Å²) in [7, 11) is 1.54. The third-order valence-corrected chi connectivity index (χ3v) is 7.37. The highest BCUT2D eigenvalue weighted by molar-refractivity contribution is 8.03. The SMILES string of the molecule is COc1ccc(C=O)cc1CN1C(=O)N(CCCCCC(=O)Nc2ccccc2)C(=O)C2SC=CC21. The summed E-state index contributed by atoms with van der Waals surface area (Å²) in [4.78, 5) is 52.9. The Hall–Kier alpha value is -3.59. The van der Waals surface area contributed by atoms with Crippen LogP contribution in [0.1, 0.15) is 41.6 Å². The Bertz CT molecular complexity index is 1150. The lowest BCUT2D eigenvalue weighted by Gasteiger charge is -2.41. The van der Waals surface area contributed by atoms with Crippen LogP contribution in [0.3, 0.4) is 0 Å². The Balaban J connectivity index is 1.35. The number of thioether (sulfide) groups is 1. The number of ether oxygens (including phenoxy) is 1. The maximum atomic E-state index is 13.4. The number of para-hydroxylation sites is 1. The number of anilines is 1. The van der Waals surface area contributed by atoms with Crippen molar-refractivity contribution < 1.29 is 23.9 Å². The number of nitrogens with zero attached hydrogens (tertiary/aromatic N) is 2. The average molecular weight is 508 g/mol. The summed E-state index contributed by atoms with van der Waals surface area (Å²) in [6.45, 7) is 0.517. The molecule has 0 aromatic heterocycles. The third-order valence-electron chi connectivity index (χ3n) is 6.28. The van der Waals surface area contributed by atoms with Gasteiger partial charge in [0.2, 0.25) is 11.8 Å². The van der Waals surface area contributed by atoms with Gasteiger partial charge in [-0.3, -0.25) is 19.3 Å². The summed E-state index contributed by atoms with van der Waals surface area (Å²) in [5.74, 6) is 0.337. The first-order valence-electron chi connectivity index (χ1n) is 11.9. The Labute approximate surface area is 214 Å². The molecule has 2 aliphatic rings. The zero-order valence-corrected chi connectivity index (χ0v) is 20.9. The lowest BCUT2D eigenvalue weighted by Crippen LogP contribution is -2.61. The van der Waals surface area contributed by atoms with Gasteiger partial charge < -0.3 is 15.0 Å². The number of aldehydes is 1. The smallest absolute Gasteiger partial charge is 0.327 e. The van der Waals surface area contributed by atoms with E-state index in [4.69, 9.17) is 4.74 Å². The molecule has 0 bridgehead atoms. The lowest BCUT2D eigenvalue weighted by atomic mass is 10.0. The molecule has 2 aromatic rings. The van der Waals surface area contributed by atoms with Gasteiger partial charge in [-0.05, 0) is 48.6 Å². The van der Waals surface area contributed by atoms with Gasteiger partial charge in [0.05, 0.1) is 19.7 Å². The number of methoxy groups -OCH3 is 1. The summed E-state index contributed by atoms with van der Waals surface area (Å²) >= 11 is 1.41. The van der Waals surface area contributed by atoms with Gasteiger partial charge in [0.1, 0.15) is 17.3 Å². The molecule has 8 nitrogen and oxygen atoms in total. The van der Waals surface area contributed by atoms with Crippen molar-refractivity contribution in [2.24, 2.45) is 0 Å². The average Bonchev–Trinajstić information content (AvgIpc) is 3.38. The summed E-state index contributed by atoms with van der Waals surface area (Å²) in [5.41, 5.74) is 1.96. The number of nitrogens with one attached hydrogen (secondary N) is 1. The highest BCUT2D eigenvalue weighted by Gasteiger charge is 2.47. The number of amides is 4.